The molecule has 0 fully saturated rings. The van der Waals surface area contributed by atoms with Gasteiger partial charge in [0.05, 0.1) is 11.3 Å². The molecule has 0 aliphatic heterocycles. The molecule has 0 unspecified atom stereocenters. The summed E-state index contributed by atoms with van der Waals surface area (Å²) < 4.78 is 81.1. The summed E-state index contributed by atoms with van der Waals surface area (Å²) in [4.78, 5) is 26.7. The molecule has 3 aromatic rings. The molecule has 144 valence electrons. The highest BCUT2D eigenvalue weighted by molar-refractivity contribution is 7.13. The van der Waals surface area contributed by atoms with E-state index in [0.717, 1.165) is 11.3 Å². The Morgan fingerprint density at radius 2 is 1.96 bits per heavy atom. The minimum Gasteiger partial charge on any atom is -0.453 e. The molecule has 3 rings (SSSR count). The van der Waals surface area contributed by atoms with E-state index in [-0.39, 0.29) is 4.88 Å². The summed E-state index contributed by atoms with van der Waals surface area (Å²) in [6.07, 6.45) is -10.1. The Labute approximate surface area is 149 Å². The van der Waals surface area contributed by atoms with Gasteiger partial charge in [0.15, 0.2) is 5.65 Å². The van der Waals surface area contributed by atoms with Crippen molar-refractivity contribution >= 4 is 23.0 Å². The van der Waals surface area contributed by atoms with E-state index in [0.29, 0.717) is 10.6 Å². The number of alkyl halides is 6. The molecule has 1 N–H and O–H groups in total. The third-order valence-electron chi connectivity index (χ3n) is 3.30. The lowest BCUT2D eigenvalue weighted by Gasteiger charge is -2.07. The van der Waals surface area contributed by atoms with Gasteiger partial charge in [-0.05, 0) is 11.4 Å². The molecule has 3 heterocycles. The van der Waals surface area contributed by atoms with E-state index >= 15 is 0 Å². The number of H-pyrrole nitrogens is 1. The summed E-state index contributed by atoms with van der Waals surface area (Å²) in [6, 6.07) is 3.52. The fourth-order valence-corrected chi connectivity index (χ4v) is 3.01. The van der Waals surface area contributed by atoms with E-state index in [4.69, 9.17) is 0 Å². The van der Waals surface area contributed by atoms with Crippen molar-refractivity contribution < 1.29 is 35.9 Å². The van der Waals surface area contributed by atoms with Crippen LogP contribution in [0, 0.1) is 0 Å². The number of aromatic nitrogens is 3. The van der Waals surface area contributed by atoms with Crippen molar-refractivity contribution in [3.63, 3.8) is 0 Å². The third kappa shape index (κ3) is 3.67. The number of fused-ring (bicyclic) bond motifs is 1. The first-order chi connectivity index (χ1) is 12.5. The van der Waals surface area contributed by atoms with E-state index in [1.165, 1.54) is 17.5 Å². The van der Waals surface area contributed by atoms with Gasteiger partial charge in [-0.1, -0.05) is 6.07 Å². The Morgan fingerprint density at radius 3 is 2.52 bits per heavy atom. The van der Waals surface area contributed by atoms with Gasteiger partial charge in [0.1, 0.15) is 12.3 Å². The third-order valence-corrected chi connectivity index (χ3v) is 4.19. The van der Waals surface area contributed by atoms with Crippen molar-refractivity contribution in [1.29, 1.82) is 0 Å². The molecule has 0 bridgehead atoms. The molecular weight excluding hydrogens is 404 g/mol. The zero-order valence-electron chi connectivity index (χ0n) is 12.8. The molecule has 6 nitrogen and oxygen atoms in total. The maximum absolute atomic E-state index is 13.3. The first kappa shape index (κ1) is 18.9. The molecule has 0 saturated heterocycles. The van der Waals surface area contributed by atoms with Crippen molar-refractivity contribution in [3.05, 3.63) is 45.3 Å². The number of hydrogen-bond donors (Lipinski definition) is 1. The molecule has 0 aliphatic carbocycles. The van der Waals surface area contributed by atoms with Gasteiger partial charge in [0.2, 0.25) is 0 Å². The number of nitrogens with zero attached hydrogens (tertiary/aromatic N) is 2. The van der Waals surface area contributed by atoms with Crippen LogP contribution >= 0.6 is 11.3 Å². The highest BCUT2D eigenvalue weighted by Crippen LogP contribution is 2.39. The van der Waals surface area contributed by atoms with Crippen LogP contribution in [-0.2, 0) is 22.3 Å². The second kappa shape index (κ2) is 6.40. The van der Waals surface area contributed by atoms with Gasteiger partial charge in [0, 0.05) is 10.9 Å². The lowest BCUT2D eigenvalue weighted by Crippen LogP contribution is -2.26. The van der Waals surface area contributed by atoms with Crippen molar-refractivity contribution in [1.82, 2.24) is 14.6 Å². The molecule has 0 radical (unpaired) electrons. The second-order valence-electron chi connectivity index (χ2n) is 5.16. The highest BCUT2D eigenvalue weighted by atomic mass is 32.1. The van der Waals surface area contributed by atoms with Gasteiger partial charge in [-0.2, -0.15) is 26.3 Å². The topological polar surface area (TPSA) is 76.5 Å². The van der Waals surface area contributed by atoms with E-state index in [1.807, 2.05) is 5.10 Å². The SMILES string of the molecule is O=C(OCc1cc(=O)n2[nH]c(C(F)(F)F)c(-c3cccs3)c2n1)C(F)(F)F. The minimum atomic E-state index is -5.25. The van der Waals surface area contributed by atoms with E-state index < -0.39 is 53.1 Å². The van der Waals surface area contributed by atoms with Crippen molar-refractivity contribution in [2.75, 3.05) is 0 Å². The molecule has 0 aliphatic rings. The number of aromatic amines is 1. The van der Waals surface area contributed by atoms with Gasteiger partial charge in [-0.15, -0.1) is 11.3 Å². The number of rotatable bonds is 3. The van der Waals surface area contributed by atoms with Crippen molar-refractivity contribution in [3.8, 4) is 10.4 Å². The van der Waals surface area contributed by atoms with Crippen LogP contribution in [0.3, 0.4) is 0 Å². The molecular formula is C14H7F6N3O3S. The number of hydrogen-bond acceptors (Lipinski definition) is 5. The number of esters is 1. The van der Waals surface area contributed by atoms with E-state index in [9.17, 15) is 35.9 Å². The Kier molecular flexibility index (Phi) is 4.49. The summed E-state index contributed by atoms with van der Waals surface area (Å²) in [5.74, 6) is -2.51. The lowest BCUT2D eigenvalue weighted by atomic mass is 10.2. The van der Waals surface area contributed by atoms with Gasteiger partial charge < -0.3 is 4.74 Å². The Hall–Kier alpha value is -2.83. The van der Waals surface area contributed by atoms with Gasteiger partial charge in [-0.25, -0.2) is 14.3 Å². The van der Waals surface area contributed by atoms with Crippen LogP contribution in [-0.4, -0.2) is 26.7 Å². The predicted molar refractivity (Wildman–Crippen MR) is 80.0 cm³/mol. The molecule has 3 aromatic heterocycles. The second-order valence-corrected chi connectivity index (χ2v) is 6.10. The van der Waals surface area contributed by atoms with Crippen LogP contribution in [0.5, 0.6) is 0 Å². The number of carbonyl (C=O) groups is 1. The maximum Gasteiger partial charge on any atom is 0.490 e. The molecule has 27 heavy (non-hydrogen) atoms. The molecule has 0 atom stereocenters. The Balaban J connectivity index is 2.12. The predicted octanol–water partition coefficient (Wildman–Crippen LogP) is 3.38. The minimum absolute atomic E-state index is 0.136. The molecule has 13 heteroatoms. The zero-order chi connectivity index (χ0) is 20.0. The molecule has 0 amide bonds. The van der Waals surface area contributed by atoms with Crippen LogP contribution in [0.2, 0.25) is 0 Å². The van der Waals surface area contributed by atoms with Gasteiger partial charge >= 0.3 is 18.3 Å². The first-order valence-electron chi connectivity index (χ1n) is 6.98. The van der Waals surface area contributed by atoms with Crippen LogP contribution in [0.15, 0.2) is 28.4 Å². The van der Waals surface area contributed by atoms with E-state index in [2.05, 4.69) is 9.72 Å². The van der Waals surface area contributed by atoms with Gasteiger partial charge in [0.25, 0.3) is 5.56 Å². The first-order valence-corrected chi connectivity index (χ1v) is 7.86. The fourth-order valence-electron chi connectivity index (χ4n) is 2.24. The highest BCUT2D eigenvalue weighted by Gasteiger charge is 2.41. The molecule has 0 saturated carbocycles. The zero-order valence-corrected chi connectivity index (χ0v) is 13.6. The summed E-state index contributed by atoms with van der Waals surface area (Å²) in [5, 5.41) is 3.42. The monoisotopic (exact) mass is 411 g/mol. The van der Waals surface area contributed by atoms with E-state index in [1.54, 1.807) is 0 Å². The van der Waals surface area contributed by atoms with Crippen molar-refractivity contribution in [2.45, 2.75) is 19.0 Å². The number of carbonyl (C=O) groups excluding carboxylic acids is 1. The van der Waals surface area contributed by atoms with Crippen LogP contribution in [0.4, 0.5) is 26.3 Å². The number of nitrogens with one attached hydrogen (secondary N) is 1. The average molecular weight is 411 g/mol. The number of ether oxygens (including phenoxy) is 1. The fraction of sp³-hybridized carbons (Fsp3) is 0.214. The van der Waals surface area contributed by atoms with Crippen LogP contribution < -0.4 is 5.56 Å². The standard InChI is InChI=1S/C14H7F6N3O3S/c15-13(16,17)10-9(7-2-1-3-27-7)11-21-6(4-8(24)23(11)22-10)5-26-12(25)14(18,19)20/h1-4,22H,5H2. The summed E-state index contributed by atoms with van der Waals surface area (Å²) in [6.45, 7) is -1.03. The summed E-state index contributed by atoms with van der Waals surface area (Å²) in [7, 11) is 0. The Bertz CT molecular complexity index is 1050. The van der Waals surface area contributed by atoms with Crippen molar-refractivity contribution in [2.24, 2.45) is 0 Å². The molecule has 0 spiro atoms. The normalized spacial score (nSPS) is 12.5. The smallest absolute Gasteiger partial charge is 0.453 e. The number of thiophene rings is 1. The summed E-state index contributed by atoms with van der Waals surface area (Å²) in [5.41, 5.74) is -3.55. The Morgan fingerprint density at radius 1 is 1.26 bits per heavy atom. The van der Waals surface area contributed by atoms with Crippen LogP contribution in [0.1, 0.15) is 11.4 Å². The van der Waals surface area contributed by atoms with Crippen LogP contribution in [0.25, 0.3) is 16.1 Å². The lowest BCUT2D eigenvalue weighted by molar-refractivity contribution is -0.201. The maximum atomic E-state index is 13.3. The quantitative estimate of drug-likeness (QED) is 0.530. The molecule has 0 aromatic carbocycles. The number of halogens is 6. The largest absolute Gasteiger partial charge is 0.490 e. The van der Waals surface area contributed by atoms with Gasteiger partial charge in [-0.3, -0.25) is 9.89 Å². The average Bonchev–Trinajstić information content (AvgIpc) is 3.17. The summed E-state index contributed by atoms with van der Waals surface area (Å²) >= 11 is 0.950.